The summed E-state index contributed by atoms with van der Waals surface area (Å²) in [5, 5.41) is 0. The van der Waals surface area contributed by atoms with Crippen LogP contribution in [0.15, 0.2) is 65.2 Å². The normalized spacial score (nSPS) is 21.3. The van der Waals surface area contributed by atoms with Crippen LogP contribution in [0.2, 0.25) is 0 Å². The van der Waals surface area contributed by atoms with E-state index < -0.39 is 33.9 Å². The molecule has 0 unspecified atom stereocenters. The van der Waals surface area contributed by atoms with E-state index in [0.29, 0.717) is 0 Å². The molecular weight excluding hydrogens is 433 g/mol. The van der Waals surface area contributed by atoms with E-state index in [1.807, 2.05) is 54.6 Å². The lowest BCUT2D eigenvalue weighted by molar-refractivity contribution is -0.147. The highest BCUT2D eigenvalue weighted by Crippen LogP contribution is 2.60. The molecule has 1 aliphatic rings. The minimum Gasteiger partial charge on any atom is -0.461 e. The number of hydrogen-bond acceptors (Lipinski definition) is 2. The molecule has 0 heterocycles. The van der Waals surface area contributed by atoms with Crippen LogP contribution in [-0.2, 0) is 16.1 Å². The third-order valence-electron chi connectivity index (χ3n) is 5.18. The highest BCUT2D eigenvalue weighted by molar-refractivity contribution is 9.11. The summed E-state index contributed by atoms with van der Waals surface area (Å²) in [5.41, 5.74) is 2.33. The molecule has 0 bridgehead atoms. The molecule has 148 valence electrons. The van der Waals surface area contributed by atoms with Crippen LogP contribution in [0.1, 0.15) is 19.4 Å². The molecule has 2 aromatic carbocycles. The summed E-state index contributed by atoms with van der Waals surface area (Å²) in [6, 6.07) is 17.5. The van der Waals surface area contributed by atoms with Crippen LogP contribution in [0, 0.1) is 17.3 Å². The van der Waals surface area contributed by atoms with E-state index in [1.54, 1.807) is 13.8 Å². The van der Waals surface area contributed by atoms with Crippen molar-refractivity contribution in [2.24, 2.45) is 17.3 Å². The Morgan fingerprint density at radius 3 is 2.39 bits per heavy atom. The highest BCUT2D eigenvalue weighted by Gasteiger charge is 2.62. The minimum atomic E-state index is -4.45. The molecule has 0 radical (unpaired) electrons. The van der Waals surface area contributed by atoms with Gasteiger partial charge in [0.25, 0.3) is 0 Å². The second-order valence-electron chi connectivity index (χ2n) is 7.51. The van der Waals surface area contributed by atoms with Crippen molar-refractivity contribution in [2.75, 3.05) is 0 Å². The second-order valence-corrected chi connectivity index (χ2v) is 8.37. The lowest BCUT2D eigenvalue weighted by Gasteiger charge is -2.08. The van der Waals surface area contributed by atoms with E-state index in [0.717, 1.165) is 22.8 Å². The van der Waals surface area contributed by atoms with Gasteiger partial charge in [-0.05, 0) is 50.0 Å². The zero-order valence-corrected chi connectivity index (χ0v) is 17.0. The predicted molar refractivity (Wildman–Crippen MR) is 106 cm³/mol. The summed E-state index contributed by atoms with van der Waals surface area (Å²) in [6.45, 7) is 3.63. The summed E-state index contributed by atoms with van der Waals surface area (Å²) in [5.74, 6) is -1.56. The van der Waals surface area contributed by atoms with Gasteiger partial charge in [0.15, 0.2) is 0 Å². The van der Waals surface area contributed by atoms with E-state index in [2.05, 4.69) is 15.9 Å². The largest absolute Gasteiger partial charge is 0.461 e. The summed E-state index contributed by atoms with van der Waals surface area (Å²) in [6.07, 6.45) is -3.38. The number of halogens is 4. The van der Waals surface area contributed by atoms with Crippen LogP contribution in [0.25, 0.3) is 11.1 Å². The Hall–Kier alpha value is -2.08. The SMILES string of the molecule is CC1(C)[C@H](C(=O)OCc2cccc(-c3ccccc3)c2)[C@@H]1/C=C(/Br)C(F)(F)F. The number of carbonyl (C=O) groups is 1. The molecule has 1 saturated carbocycles. The smallest absolute Gasteiger partial charge is 0.422 e. The number of benzene rings is 2. The Kier molecular flexibility index (Phi) is 5.71. The van der Waals surface area contributed by atoms with Gasteiger partial charge in [-0.2, -0.15) is 13.2 Å². The van der Waals surface area contributed by atoms with Crippen molar-refractivity contribution < 1.29 is 22.7 Å². The van der Waals surface area contributed by atoms with Crippen molar-refractivity contribution in [3.63, 3.8) is 0 Å². The second kappa shape index (κ2) is 7.74. The van der Waals surface area contributed by atoms with Gasteiger partial charge in [-0.3, -0.25) is 4.79 Å². The molecule has 2 atom stereocenters. The van der Waals surface area contributed by atoms with Gasteiger partial charge >= 0.3 is 12.1 Å². The molecule has 1 aliphatic carbocycles. The van der Waals surface area contributed by atoms with Crippen molar-refractivity contribution >= 4 is 21.9 Å². The predicted octanol–water partition coefficient (Wildman–Crippen LogP) is 6.51. The minimum absolute atomic E-state index is 0.0863. The van der Waals surface area contributed by atoms with Gasteiger partial charge in [0, 0.05) is 0 Å². The van der Waals surface area contributed by atoms with Crippen molar-refractivity contribution in [3.8, 4) is 11.1 Å². The Labute approximate surface area is 170 Å². The van der Waals surface area contributed by atoms with Crippen LogP contribution in [0.3, 0.4) is 0 Å². The number of rotatable bonds is 5. The Bertz CT molecular complexity index is 888. The zero-order chi connectivity index (χ0) is 20.5. The van der Waals surface area contributed by atoms with Gasteiger partial charge in [-0.25, -0.2) is 0 Å². The van der Waals surface area contributed by atoms with Crippen molar-refractivity contribution in [3.05, 3.63) is 70.7 Å². The Morgan fingerprint density at radius 1 is 1.11 bits per heavy atom. The van der Waals surface area contributed by atoms with Gasteiger partial charge in [-0.15, -0.1) is 0 Å². The molecule has 2 aromatic rings. The average molecular weight is 453 g/mol. The molecule has 1 fully saturated rings. The molecule has 0 N–H and O–H groups in total. The molecule has 0 aromatic heterocycles. The van der Waals surface area contributed by atoms with Crippen molar-refractivity contribution in [2.45, 2.75) is 26.6 Å². The van der Waals surface area contributed by atoms with E-state index >= 15 is 0 Å². The number of allylic oxidation sites excluding steroid dienone is 2. The van der Waals surface area contributed by atoms with E-state index in [9.17, 15) is 18.0 Å². The standard InChI is InChI=1S/C22H20BrF3O2/c1-21(2)17(12-18(23)22(24,25)26)19(21)20(27)28-13-14-7-6-10-16(11-14)15-8-4-3-5-9-15/h3-12,17,19H,13H2,1-2H3/b18-12+/t17-,19-/m0/s1. The third-order valence-corrected chi connectivity index (χ3v) is 5.89. The average Bonchev–Trinajstić information content (AvgIpc) is 3.20. The molecule has 2 nitrogen and oxygen atoms in total. The van der Waals surface area contributed by atoms with Gasteiger partial charge in [-0.1, -0.05) is 68.5 Å². The maximum atomic E-state index is 12.7. The molecule has 3 rings (SSSR count). The lowest BCUT2D eigenvalue weighted by Crippen LogP contribution is -2.11. The fourth-order valence-corrected chi connectivity index (χ4v) is 3.69. The Balaban J connectivity index is 1.65. The first kappa shape index (κ1) is 20.6. The van der Waals surface area contributed by atoms with Crippen molar-refractivity contribution in [1.29, 1.82) is 0 Å². The van der Waals surface area contributed by atoms with E-state index in [4.69, 9.17) is 4.74 Å². The summed E-state index contributed by atoms with van der Waals surface area (Å²) in [4.78, 5) is 12.4. The number of hydrogen-bond donors (Lipinski definition) is 0. The zero-order valence-electron chi connectivity index (χ0n) is 15.5. The number of esters is 1. The van der Waals surface area contributed by atoms with Gasteiger partial charge in [0.05, 0.1) is 10.4 Å². The quantitative estimate of drug-likeness (QED) is 0.483. The fraction of sp³-hybridized carbons (Fsp3) is 0.318. The monoisotopic (exact) mass is 452 g/mol. The summed E-state index contributed by atoms with van der Waals surface area (Å²) in [7, 11) is 0. The molecular formula is C22H20BrF3O2. The number of carbonyl (C=O) groups excluding carboxylic acids is 1. The van der Waals surface area contributed by atoms with Crippen LogP contribution < -0.4 is 0 Å². The summed E-state index contributed by atoms with van der Waals surface area (Å²) >= 11 is 2.56. The molecule has 0 aliphatic heterocycles. The Morgan fingerprint density at radius 2 is 1.75 bits per heavy atom. The third kappa shape index (κ3) is 4.49. The molecule has 6 heteroatoms. The molecule has 28 heavy (non-hydrogen) atoms. The van der Waals surface area contributed by atoms with E-state index in [1.165, 1.54) is 0 Å². The van der Waals surface area contributed by atoms with E-state index in [-0.39, 0.29) is 6.61 Å². The van der Waals surface area contributed by atoms with Crippen LogP contribution in [0.4, 0.5) is 13.2 Å². The number of ether oxygens (including phenoxy) is 1. The highest BCUT2D eigenvalue weighted by atomic mass is 79.9. The number of alkyl halides is 3. The van der Waals surface area contributed by atoms with Gasteiger partial charge in [0.1, 0.15) is 6.61 Å². The maximum absolute atomic E-state index is 12.7. The van der Waals surface area contributed by atoms with Gasteiger partial charge in [0.2, 0.25) is 0 Å². The fourth-order valence-electron chi connectivity index (χ4n) is 3.41. The topological polar surface area (TPSA) is 26.3 Å². The first-order chi connectivity index (χ1) is 13.1. The summed E-state index contributed by atoms with van der Waals surface area (Å²) < 4.78 is 42.8. The lowest BCUT2D eigenvalue weighted by atomic mass is 10.0. The first-order valence-corrected chi connectivity index (χ1v) is 9.65. The van der Waals surface area contributed by atoms with Crippen LogP contribution in [0.5, 0.6) is 0 Å². The van der Waals surface area contributed by atoms with Crippen LogP contribution >= 0.6 is 15.9 Å². The molecule has 0 saturated heterocycles. The van der Waals surface area contributed by atoms with Crippen molar-refractivity contribution in [1.82, 2.24) is 0 Å². The molecule has 0 spiro atoms. The maximum Gasteiger partial charge on any atom is 0.422 e. The van der Waals surface area contributed by atoms with Crippen LogP contribution in [-0.4, -0.2) is 12.1 Å². The first-order valence-electron chi connectivity index (χ1n) is 8.86. The van der Waals surface area contributed by atoms with Gasteiger partial charge < -0.3 is 4.74 Å². The molecule has 0 amide bonds.